The lowest BCUT2D eigenvalue weighted by atomic mass is 10.7. The standard InChI is InChI=1S/C5H11NO.ClH/c1-4-7-5(2)6-3;/h4H2,1-3H3;1H/b6-5+;. The van der Waals surface area contributed by atoms with Crippen molar-refractivity contribution in [1.82, 2.24) is 0 Å². The van der Waals surface area contributed by atoms with Gasteiger partial charge in [0.1, 0.15) is 0 Å². The van der Waals surface area contributed by atoms with Gasteiger partial charge in [-0.1, -0.05) is 0 Å². The Morgan fingerprint density at radius 2 is 2.12 bits per heavy atom. The first-order valence-electron chi connectivity index (χ1n) is 2.37. The fraction of sp³-hybridized carbons (Fsp3) is 0.800. The zero-order valence-electron chi connectivity index (χ0n) is 5.47. The molecule has 0 radical (unpaired) electrons. The van der Waals surface area contributed by atoms with E-state index in [-0.39, 0.29) is 12.4 Å². The third-order valence-electron chi connectivity index (χ3n) is 0.668. The number of hydrogen-bond acceptors (Lipinski definition) is 2. The number of halogens is 1. The van der Waals surface area contributed by atoms with Gasteiger partial charge < -0.3 is 4.74 Å². The number of hydrogen-bond donors (Lipinski definition) is 0. The molecule has 0 heterocycles. The Kier molecular flexibility index (Phi) is 9.03. The van der Waals surface area contributed by atoms with Gasteiger partial charge in [0.2, 0.25) is 0 Å². The fourth-order valence-electron chi connectivity index (χ4n) is 0.273. The minimum absolute atomic E-state index is 0. The van der Waals surface area contributed by atoms with Crippen LogP contribution in [-0.2, 0) is 4.74 Å². The monoisotopic (exact) mass is 137 g/mol. The van der Waals surface area contributed by atoms with Gasteiger partial charge in [-0.15, -0.1) is 12.4 Å². The highest BCUT2D eigenvalue weighted by Gasteiger charge is 1.79. The number of ether oxygens (including phenoxy) is 1. The van der Waals surface area contributed by atoms with Crippen molar-refractivity contribution in [2.45, 2.75) is 13.8 Å². The summed E-state index contributed by atoms with van der Waals surface area (Å²) in [5, 5.41) is 0. The molecule has 0 atom stereocenters. The predicted molar refractivity (Wildman–Crippen MR) is 37.9 cm³/mol. The molecule has 0 rings (SSSR count). The van der Waals surface area contributed by atoms with E-state index in [1.54, 1.807) is 7.05 Å². The Bertz CT molecular complexity index is 72.8. The second-order valence-electron chi connectivity index (χ2n) is 1.18. The Hall–Kier alpha value is -0.240. The highest BCUT2D eigenvalue weighted by atomic mass is 35.5. The predicted octanol–water partition coefficient (Wildman–Crippen LogP) is 1.49. The van der Waals surface area contributed by atoms with Crippen molar-refractivity contribution in [1.29, 1.82) is 0 Å². The average Bonchev–Trinajstić information content (AvgIpc) is 1.68. The van der Waals surface area contributed by atoms with Crippen molar-refractivity contribution in [3.63, 3.8) is 0 Å². The van der Waals surface area contributed by atoms with Crippen LogP contribution in [0.2, 0.25) is 0 Å². The Labute approximate surface area is 56.4 Å². The van der Waals surface area contributed by atoms with Crippen LogP contribution in [0.25, 0.3) is 0 Å². The highest BCUT2D eigenvalue weighted by Crippen LogP contribution is 1.76. The van der Waals surface area contributed by atoms with Gasteiger partial charge in [0.15, 0.2) is 5.90 Å². The largest absolute Gasteiger partial charge is 0.482 e. The van der Waals surface area contributed by atoms with E-state index >= 15 is 0 Å². The van der Waals surface area contributed by atoms with Gasteiger partial charge in [0, 0.05) is 14.0 Å². The van der Waals surface area contributed by atoms with Crippen LogP contribution >= 0.6 is 12.4 Å². The maximum absolute atomic E-state index is 4.94. The van der Waals surface area contributed by atoms with Crippen LogP contribution in [0.1, 0.15) is 13.8 Å². The van der Waals surface area contributed by atoms with Crippen LogP contribution in [0.3, 0.4) is 0 Å². The molecule has 0 aromatic heterocycles. The fourth-order valence-corrected chi connectivity index (χ4v) is 0.273. The Morgan fingerprint density at radius 3 is 2.25 bits per heavy atom. The summed E-state index contributed by atoms with van der Waals surface area (Å²) in [4.78, 5) is 3.77. The van der Waals surface area contributed by atoms with Gasteiger partial charge in [-0.3, -0.25) is 4.99 Å². The normalized spacial score (nSPS) is 10.1. The molecule has 0 saturated heterocycles. The first-order valence-corrected chi connectivity index (χ1v) is 2.37. The molecule has 0 bridgehead atoms. The topological polar surface area (TPSA) is 21.6 Å². The van der Waals surface area contributed by atoms with Gasteiger partial charge in [0.05, 0.1) is 6.61 Å². The lowest BCUT2D eigenvalue weighted by molar-refractivity contribution is 0.324. The summed E-state index contributed by atoms with van der Waals surface area (Å²) in [7, 11) is 1.71. The molecule has 0 saturated carbocycles. The van der Waals surface area contributed by atoms with Crippen LogP contribution in [0, 0.1) is 0 Å². The van der Waals surface area contributed by atoms with Gasteiger partial charge in [0.25, 0.3) is 0 Å². The van der Waals surface area contributed by atoms with Crippen molar-refractivity contribution in [3.8, 4) is 0 Å². The molecule has 3 heteroatoms. The molecule has 0 unspecified atom stereocenters. The van der Waals surface area contributed by atoms with Crippen molar-refractivity contribution >= 4 is 18.3 Å². The molecule has 50 valence electrons. The summed E-state index contributed by atoms with van der Waals surface area (Å²) in [6.07, 6.45) is 0. The van der Waals surface area contributed by atoms with E-state index in [9.17, 15) is 0 Å². The lowest BCUT2D eigenvalue weighted by Gasteiger charge is -1.96. The smallest absolute Gasteiger partial charge is 0.179 e. The molecule has 0 aromatic carbocycles. The van der Waals surface area contributed by atoms with Crippen LogP contribution in [0.5, 0.6) is 0 Å². The van der Waals surface area contributed by atoms with E-state index in [2.05, 4.69) is 4.99 Å². The lowest BCUT2D eigenvalue weighted by Crippen LogP contribution is -1.96. The van der Waals surface area contributed by atoms with Crippen LogP contribution in [0.15, 0.2) is 4.99 Å². The Morgan fingerprint density at radius 1 is 1.62 bits per heavy atom. The van der Waals surface area contributed by atoms with Crippen LogP contribution in [0.4, 0.5) is 0 Å². The molecule has 0 N–H and O–H groups in total. The summed E-state index contributed by atoms with van der Waals surface area (Å²) in [6, 6.07) is 0. The molecule has 2 nitrogen and oxygen atoms in total. The number of aliphatic imine (C=N–C) groups is 1. The first kappa shape index (κ1) is 10.7. The zero-order valence-corrected chi connectivity index (χ0v) is 6.29. The van der Waals surface area contributed by atoms with Crippen molar-refractivity contribution in [2.75, 3.05) is 13.7 Å². The molecule has 0 aliphatic heterocycles. The first-order chi connectivity index (χ1) is 3.31. The summed E-state index contributed by atoms with van der Waals surface area (Å²) in [6.45, 7) is 4.49. The summed E-state index contributed by atoms with van der Waals surface area (Å²) >= 11 is 0. The second kappa shape index (κ2) is 6.76. The molecule has 0 aromatic rings. The number of nitrogens with zero attached hydrogens (tertiary/aromatic N) is 1. The van der Waals surface area contributed by atoms with E-state index in [1.165, 1.54) is 0 Å². The van der Waals surface area contributed by atoms with E-state index in [1.807, 2.05) is 13.8 Å². The molecule has 0 fully saturated rings. The van der Waals surface area contributed by atoms with Gasteiger partial charge in [-0.25, -0.2) is 0 Å². The third-order valence-corrected chi connectivity index (χ3v) is 0.668. The van der Waals surface area contributed by atoms with Crippen molar-refractivity contribution in [2.24, 2.45) is 4.99 Å². The minimum Gasteiger partial charge on any atom is -0.482 e. The van der Waals surface area contributed by atoms with E-state index in [0.717, 1.165) is 5.90 Å². The number of rotatable bonds is 1. The quantitative estimate of drug-likeness (QED) is 0.397. The van der Waals surface area contributed by atoms with Gasteiger partial charge in [-0.2, -0.15) is 0 Å². The van der Waals surface area contributed by atoms with E-state index in [4.69, 9.17) is 4.74 Å². The second-order valence-corrected chi connectivity index (χ2v) is 1.18. The summed E-state index contributed by atoms with van der Waals surface area (Å²) in [5.41, 5.74) is 0. The van der Waals surface area contributed by atoms with Gasteiger partial charge in [-0.05, 0) is 6.92 Å². The highest BCUT2D eigenvalue weighted by molar-refractivity contribution is 5.85. The van der Waals surface area contributed by atoms with Crippen LogP contribution < -0.4 is 0 Å². The SMILES string of the molecule is CCO/C(C)=N/C.Cl. The van der Waals surface area contributed by atoms with Gasteiger partial charge >= 0.3 is 0 Å². The molecular weight excluding hydrogens is 126 g/mol. The summed E-state index contributed by atoms with van der Waals surface area (Å²) in [5.74, 6) is 0.752. The van der Waals surface area contributed by atoms with Crippen molar-refractivity contribution in [3.05, 3.63) is 0 Å². The molecule has 8 heavy (non-hydrogen) atoms. The third kappa shape index (κ3) is 5.76. The molecule has 0 spiro atoms. The summed E-state index contributed by atoms with van der Waals surface area (Å²) < 4.78 is 4.94. The van der Waals surface area contributed by atoms with Crippen molar-refractivity contribution < 1.29 is 4.74 Å². The van der Waals surface area contributed by atoms with E-state index in [0.29, 0.717) is 6.61 Å². The Balaban J connectivity index is 0. The molecule has 0 aliphatic rings. The average molecular weight is 138 g/mol. The van der Waals surface area contributed by atoms with Crippen LogP contribution in [-0.4, -0.2) is 19.6 Å². The zero-order chi connectivity index (χ0) is 5.70. The van der Waals surface area contributed by atoms with E-state index < -0.39 is 0 Å². The molecular formula is C5H12ClNO. The maximum Gasteiger partial charge on any atom is 0.179 e. The minimum atomic E-state index is 0. The molecule has 0 amide bonds. The maximum atomic E-state index is 4.94. The molecule has 0 aliphatic carbocycles.